The van der Waals surface area contributed by atoms with Gasteiger partial charge in [0, 0.05) is 31.7 Å². The van der Waals surface area contributed by atoms with Crippen LogP contribution >= 0.6 is 0 Å². The van der Waals surface area contributed by atoms with Gasteiger partial charge in [-0.25, -0.2) is 9.78 Å². The van der Waals surface area contributed by atoms with Gasteiger partial charge in [-0.3, -0.25) is 4.79 Å². The SMILES string of the molecule is O=C(NCCCCn1ccnc1)Nc1cc(C(F)(F)F)c[nH]c1=O. The maximum atomic E-state index is 12.6. The first-order chi connectivity index (χ1) is 11.4. The number of nitrogens with one attached hydrogen (secondary N) is 3. The van der Waals surface area contributed by atoms with Crippen molar-refractivity contribution in [2.24, 2.45) is 0 Å². The third-order valence-corrected chi connectivity index (χ3v) is 3.17. The van der Waals surface area contributed by atoms with Gasteiger partial charge in [0.25, 0.3) is 5.56 Å². The average Bonchev–Trinajstić information content (AvgIpc) is 3.01. The Labute approximate surface area is 134 Å². The molecule has 0 spiro atoms. The lowest BCUT2D eigenvalue weighted by molar-refractivity contribution is -0.137. The summed E-state index contributed by atoms with van der Waals surface area (Å²) in [5.74, 6) is 0. The highest BCUT2D eigenvalue weighted by Crippen LogP contribution is 2.29. The summed E-state index contributed by atoms with van der Waals surface area (Å²) in [6.45, 7) is 1.08. The Morgan fingerprint density at radius 1 is 1.33 bits per heavy atom. The van der Waals surface area contributed by atoms with Gasteiger partial charge in [0.2, 0.25) is 0 Å². The van der Waals surface area contributed by atoms with Crippen molar-refractivity contribution >= 4 is 11.7 Å². The topological polar surface area (TPSA) is 91.8 Å². The number of hydrogen-bond donors (Lipinski definition) is 3. The fourth-order valence-electron chi connectivity index (χ4n) is 1.95. The van der Waals surface area contributed by atoms with Gasteiger partial charge in [-0.2, -0.15) is 13.2 Å². The van der Waals surface area contributed by atoms with Gasteiger partial charge in [-0.05, 0) is 18.9 Å². The predicted octanol–water partition coefficient (Wildman–Crippen LogP) is 2.19. The summed E-state index contributed by atoms with van der Waals surface area (Å²) in [6, 6.07) is -0.139. The fraction of sp³-hybridized carbons (Fsp3) is 0.357. The minimum absolute atomic E-state index is 0.331. The Kier molecular flexibility index (Phi) is 5.61. The van der Waals surface area contributed by atoms with Crippen LogP contribution in [-0.4, -0.2) is 27.1 Å². The fourth-order valence-corrected chi connectivity index (χ4v) is 1.95. The van der Waals surface area contributed by atoms with Gasteiger partial charge in [0.1, 0.15) is 5.69 Å². The Balaban J connectivity index is 1.78. The number of H-pyrrole nitrogens is 1. The molecule has 0 aliphatic rings. The molecule has 2 aromatic rings. The highest BCUT2D eigenvalue weighted by Gasteiger charge is 2.31. The molecule has 3 N–H and O–H groups in total. The summed E-state index contributed by atoms with van der Waals surface area (Å²) in [6.07, 6.45) is 2.58. The normalized spacial score (nSPS) is 11.3. The number of pyridine rings is 1. The molecular weight excluding hydrogens is 327 g/mol. The molecular formula is C14H16F3N5O2. The number of carbonyl (C=O) groups is 1. The van der Waals surface area contributed by atoms with E-state index in [2.05, 4.69) is 15.6 Å². The molecule has 0 aliphatic carbocycles. The van der Waals surface area contributed by atoms with E-state index in [0.717, 1.165) is 13.0 Å². The van der Waals surface area contributed by atoms with Gasteiger partial charge in [-0.1, -0.05) is 0 Å². The standard InChI is InChI=1S/C14H16F3N5O2/c15-14(16,17)10-7-11(12(23)20-8-10)21-13(24)19-3-1-2-5-22-6-4-18-9-22/h4,6-9H,1-3,5H2,(H,20,23)(H2,19,21,24). The summed E-state index contributed by atoms with van der Waals surface area (Å²) < 4.78 is 39.6. The molecule has 0 aromatic carbocycles. The lowest BCUT2D eigenvalue weighted by atomic mass is 10.2. The molecule has 0 fully saturated rings. The van der Waals surface area contributed by atoms with E-state index >= 15 is 0 Å². The number of imidazole rings is 1. The van der Waals surface area contributed by atoms with Crippen molar-refractivity contribution in [3.8, 4) is 0 Å². The van der Waals surface area contributed by atoms with Crippen LogP contribution in [0.2, 0.25) is 0 Å². The first-order valence-electron chi connectivity index (χ1n) is 7.17. The van der Waals surface area contributed by atoms with E-state index in [4.69, 9.17) is 0 Å². The van der Waals surface area contributed by atoms with E-state index in [1.54, 1.807) is 12.5 Å². The Hall–Kier alpha value is -2.78. The van der Waals surface area contributed by atoms with Crippen molar-refractivity contribution in [2.45, 2.75) is 25.6 Å². The molecule has 24 heavy (non-hydrogen) atoms. The highest BCUT2D eigenvalue weighted by molar-refractivity contribution is 5.89. The number of hydrogen-bond acceptors (Lipinski definition) is 3. The summed E-state index contributed by atoms with van der Waals surface area (Å²) in [5, 5.41) is 4.61. The van der Waals surface area contributed by atoms with Crippen LogP contribution < -0.4 is 16.2 Å². The number of rotatable bonds is 6. The van der Waals surface area contributed by atoms with Crippen molar-refractivity contribution in [3.05, 3.63) is 46.9 Å². The van der Waals surface area contributed by atoms with Crippen LogP contribution in [-0.2, 0) is 12.7 Å². The van der Waals surface area contributed by atoms with Crippen LogP contribution in [0.15, 0.2) is 35.8 Å². The Morgan fingerprint density at radius 3 is 2.79 bits per heavy atom. The summed E-state index contributed by atoms with van der Waals surface area (Å²) in [7, 11) is 0. The smallest absolute Gasteiger partial charge is 0.338 e. The van der Waals surface area contributed by atoms with Gasteiger partial charge in [0.15, 0.2) is 0 Å². The minimum Gasteiger partial charge on any atom is -0.338 e. The number of urea groups is 1. The van der Waals surface area contributed by atoms with E-state index in [9.17, 15) is 22.8 Å². The van der Waals surface area contributed by atoms with E-state index in [1.807, 2.05) is 15.7 Å². The van der Waals surface area contributed by atoms with Gasteiger partial charge < -0.3 is 20.2 Å². The maximum absolute atomic E-state index is 12.6. The van der Waals surface area contributed by atoms with Crippen LogP contribution in [0, 0.1) is 0 Å². The zero-order valence-corrected chi connectivity index (χ0v) is 12.6. The Bertz CT molecular complexity index is 725. The molecule has 130 valence electrons. The van der Waals surface area contributed by atoms with E-state index in [1.165, 1.54) is 0 Å². The van der Waals surface area contributed by atoms with Gasteiger partial charge >= 0.3 is 12.2 Å². The third kappa shape index (κ3) is 5.14. The number of nitrogens with zero attached hydrogens (tertiary/aromatic N) is 2. The van der Waals surface area contributed by atoms with Crippen molar-refractivity contribution < 1.29 is 18.0 Å². The minimum atomic E-state index is -4.61. The maximum Gasteiger partial charge on any atom is 0.417 e. The number of aromatic nitrogens is 3. The number of alkyl halides is 3. The van der Waals surface area contributed by atoms with Crippen LogP contribution in [0.4, 0.5) is 23.7 Å². The second-order valence-electron chi connectivity index (χ2n) is 5.02. The van der Waals surface area contributed by atoms with Crippen LogP contribution in [0.5, 0.6) is 0 Å². The molecule has 0 bridgehead atoms. The lowest BCUT2D eigenvalue weighted by Gasteiger charge is -2.10. The largest absolute Gasteiger partial charge is 0.417 e. The second kappa shape index (κ2) is 7.66. The number of unbranched alkanes of at least 4 members (excludes halogenated alkanes) is 1. The highest BCUT2D eigenvalue weighted by atomic mass is 19.4. The predicted molar refractivity (Wildman–Crippen MR) is 80.5 cm³/mol. The van der Waals surface area contributed by atoms with E-state index in [-0.39, 0.29) is 0 Å². The lowest BCUT2D eigenvalue weighted by Crippen LogP contribution is -2.32. The second-order valence-corrected chi connectivity index (χ2v) is 5.02. The zero-order chi connectivity index (χ0) is 17.6. The van der Waals surface area contributed by atoms with E-state index < -0.39 is 29.0 Å². The average molecular weight is 343 g/mol. The first-order valence-corrected chi connectivity index (χ1v) is 7.17. The number of halogens is 3. The first kappa shape index (κ1) is 17.6. The Morgan fingerprint density at radius 2 is 2.12 bits per heavy atom. The number of carbonyl (C=O) groups excluding carboxylic acids is 1. The molecule has 0 saturated carbocycles. The molecule has 2 heterocycles. The van der Waals surface area contributed by atoms with Crippen molar-refractivity contribution in [1.29, 1.82) is 0 Å². The zero-order valence-electron chi connectivity index (χ0n) is 12.6. The molecule has 0 radical (unpaired) electrons. The van der Waals surface area contributed by atoms with Crippen molar-refractivity contribution in [1.82, 2.24) is 19.9 Å². The van der Waals surface area contributed by atoms with Crippen LogP contribution in [0.3, 0.4) is 0 Å². The number of anilines is 1. The quantitative estimate of drug-likeness (QED) is 0.702. The molecule has 0 unspecified atom stereocenters. The molecule has 2 rings (SSSR count). The monoisotopic (exact) mass is 343 g/mol. The molecule has 7 nitrogen and oxygen atoms in total. The molecule has 10 heteroatoms. The summed E-state index contributed by atoms with van der Waals surface area (Å²) >= 11 is 0. The summed E-state index contributed by atoms with van der Waals surface area (Å²) in [4.78, 5) is 29.0. The van der Waals surface area contributed by atoms with Gasteiger partial charge in [0.05, 0.1) is 11.9 Å². The third-order valence-electron chi connectivity index (χ3n) is 3.17. The number of aromatic amines is 1. The van der Waals surface area contributed by atoms with E-state index in [0.29, 0.717) is 25.2 Å². The molecule has 2 amide bonds. The van der Waals surface area contributed by atoms with Crippen molar-refractivity contribution in [2.75, 3.05) is 11.9 Å². The molecule has 2 aromatic heterocycles. The summed E-state index contributed by atoms with van der Waals surface area (Å²) in [5.41, 5.74) is -2.31. The van der Waals surface area contributed by atoms with Gasteiger partial charge in [-0.15, -0.1) is 0 Å². The molecule has 0 saturated heterocycles. The molecule has 0 atom stereocenters. The van der Waals surface area contributed by atoms with Crippen LogP contribution in [0.1, 0.15) is 18.4 Å². The molecule has 0 aliphatic heterocycles. The number of aryl methyl sites for hydroxylation is 1. The number of amides is 2. The van der Waals surface area contributed by atoms with Crippen molar-refractivity contribution in [3.63, 3.8) is 0 Å². The van der Waals surface area contributed by atoms with Crippen LogP contribution in [0.25, 0.3) is 0 Å².